The maximum Gasteiger partial charge on any atom is 0.311 e. The summed E-state index contributed by atoms with van der Waals surface area (Å²) >= 11 is 0. The van der Waals surface area contributed by atoms with Gasteiger partial charge in [-0.2, -0.15) is 0 Å². The van der Waals surface area contributed by atoms with Crippen molar-refractivity contribution in [2.45, 2.75) is 0 Å². The topological polar surface area (TPSA) is 46.5 Å². The summed E-state index contributed by atoms with van der Waals surface area (Å²) in [6.45, 7) is 4.09. The summed E-state index contributed by atoms with van der Waals surface area (Å²) in [5.41, 5.74) is 0.786. The maximum absolute atomic E-state index is 10.3. The van der Waals surface area contributed by atoms with Gasteiger partial charge < -0.3 is 9.84 Å². The van der Waals surface area contributed by atoms with Crippen molar-refractivity contribution in [3.8, 4) is 0 Å². The maximum atomic E-state index is 10.3. The quantitative estimate of drug-likeness (QED) is 0.584. The van der Waals surface area contributed by atoms with Gasteiger partial charge >= 0.3 is 5.97 Å². The number of hydrogen-bond donors (Lipinski definition) is 1. The van der Waals surface area contributed by atoms with Crippen LogP contribution in [0.3, 0.4) is 0 Å². The first-order valence-corrected chi connectivity index (χ1v) is 3.09. The van der Waals surface area contributed by atoms with Gasteiger partial charge in [0.05, 0.1) is 12.5 Å². The Morgan fingerprint density at radius 1 is 1.90 bits per heavy atom. The second-order valence-corrected chi connectivity index (χ2v) is 2.45. The van der Waals surface area contributed by atoms with Gasteiger partial charge in [0.15, 0.2) is 0 Å². The van der Waals surface area contributed by atoms with E-state index in [1.807, 2.05) is 0 Å². The number of ether oxygens (including phenoxy) is 1. The van der Waals surface area contributed by atoms with E-state index in [4.69, 9.17) is 9.84 Å². The number of carbonyl (C=O) groups is 1. The highest BCUT2D eigenvalue weighted by Crippen LogP contribution is 2.44. The van der Waals surface area contributed by atoms with Gasteiger partial charge in [0.1, 0.15) is 0 Å². The molecule has 0 bridgehead atoms. The van der Waals surface area contributed by atoms with Crippen LogP contribution < -0.4 is 0 Å². The largest absolute Gasteiger partial charge is 0.481 e. The van der Waals surface area contributed by atoms with E-state index < -0.39 is 5.97 Å². The molecule has 1 aliphatic carbocycles. The molecule has 10 heavy (non-hydrogen) atoms. The minimum Gasteiger partial charge on any atom is -0.481 e. The van der Waals surface area contributed by atoms with Gasteiger partial charge in [0.2, 0.25) is 0 Å². The summed E-state index contributed by atoms with van der Waals surface area (Å²) < 4.78 is 4.79. The van der Waals surface area contributed by atoms with Crippen LogP contribution in [0.25, 0.3) is 0 Å². The van der Waals surface area contributed by atoms with Crippen molar-refractivity contribution in [1.29, 1.82) is 0 Å². The zero-order chi connectivity index (χ0) is 7.72. The molecule has 0 spiro atoms. The highest BCUT2D eigenvalue weighted by Gasteiger charge is 2.47. The van der Waals surface area contributed by atoms with Crippen LogP contribution in [-0.2, 0) is 9.53 Å². The standard InChI is InChI=1S/C7H10O3/c1-4-5(3-10-2)6(4)7(8)9/h5-6H,1,3H2,2H3,(H,8,9). The second-order valence-electron chi connectivity index (χ2n) is 2.45. The summed E-state index contributed by atoms with van der Waals surface area (Å²) in [5.74, 6) is -1.07. The van der Waals surface area contributed by atoms with Gasteiger partial charge in [-0.15, -0.1) is 0 Å². The molecule has 1 N–H and O–H groups in total. The molecule has 1 aliphatic rings. The molecule has 1 rings (SSSR count). The molecule has 3 heteroatoms. The molecule has 0 radical (unpaired) electrons. The minimum absolute atomic E-state index is 0.0579. The first-order valence-electron chi connectivity index (χ1n) is 3.09. The van der Waals surface area contributed by atoms with E-state index in [1.54, 1.807) is 7.11 Å². The number of aliphatic carboxylic acids is 1. The monoisotopic (exact) mass is 142 g/mol. The molecule has 0 amide bonds. The van der Waals surface area contributed by atoms with Crippen LogP contribution in [0.4, 0.5) is 0 Å². The molecule has 0 aromatic carbocycles. The molecule has 0 saturated heterocycles. The number of methoxy groups -OCH3 is 1. The molecular weight excluding hydrogens is 132 g/mol. The van der Waals surface area contributed by atoms with E-state index in [1.165, 1.54) is 0 Å². The fraction of sp³-hybridized carbons (Fsp3) is 0.571. The Labute approximate surface area is 59.3 Å². The van der Waals surface area contributed by atoms with Gasteiger partial charge in [-0.3, -0.25) is 4.79 Å². The van der Waals surface area contributed by atoms with E-state index in [-0.39, 0.29) is 11.8 Å². The Morgan fingerprint density at radius 2 is 2.50 bits per heavy atom. The first-order chi connectivity index (χ1) is 4.68. The molecule has 1 fully saturated rings. The van der Waals surface area contributed by atoms with Crippen molar-refractivity contribution in [2.24, 2.45) is 11.8 Å². The van der Waals surface area contributed by atoms with Crippen molar-refractivity contribution < 1.29 is 14.6 Å². The zero-order valence-corrected chi connectivity index (χ0v) is 5.83. The van der Waals surface area contributed by atoms with Crippen LogP contribution >= 0.6 is 0 Å². The Morgan fingerprint density at radius 3 is 2.80 bits per heavy atom. The van der Waals surface area contributed by atoms with Gasteiger partial charge in [0.25, 0.3) is 0 Å². The highest BCUT2D eigenvalue weighted by molar-refractivity contribution is 5.80. The average Bonchev–Trinajstić information content (AvgIpc) is 2.43. The third kappa shape index (κ3) is 1.04. The smallest absolute Gasteiger partial charge is 0.311 e. The Bertz CT molecular complexity index is 174. The number of rotatable bonds is 3. The Balaban J connectivity index is 2.41. The molecule has 0 heterocycles. The summed E-state index contributed by atoms with van der Waals surface area (Å²) in [4.78, 5) is 10.3. The Hall–Kier alpha value is -0.830. The highest BCUT2D eigenvalue weighted by atomic mass is 16.5. The summed E-state index contributed by atoms with van der Waals surface area (Å²) in [5, 5.41) is 8.50. The molecule has 3 nitrogen and oxygen atoms in total. The summed E-state index contributed by atoms with van der Waals surface area (Å²) in [6.07, 6.45) is 0. The fourth-order valence-corrected chi connectivity index (χ4v) is 1.09. The van der Waals surface area contributed by atoms with Crippen molar-refractivity contribution >= 4 is 5.97 Å². The third-order valence-corrected chi connectivity index (χ3v) is 1.78. The van der Waals surface area contributed by atoms with Crippen molar-refractivity contribution in [3.05, 3.63) is 12.2 Å². The van der Waals surface area contributed by atoms with E-state index in [2.05, 4.69) is 6.58 Å². The molecule has 0 aliphatic heterocycles. The Kier molecular flexibility index (Phi) is 1.76. The van der Waals surface area contributed by atoms with Gasteiger partial charge in [-0.25, -0.2) is 0 Å². The van der Waals surface area contributed by atoms with E-state index in [0.29, 0.717) is 6.61 Å². The van der Waals surface area contributed by atoms with Crippen LogP contribution in [0.2, 0.25) is 0 Å². The van der Waals surface area contributed by atoms with Crippen molar-refractivity contribution in [1.82, 2.24) is 0 Å². The van der Waals surface area contributed by atoms with Crippen LogP contribution in [-0.4, -0.2) is 24.8 Å². The van der Waals surface area contributed by atoms with E-state index in [0.717, 1.165) is 5.57 Å². The van der Waals surface area contributed by atoms with Gasteiger partial charge in [-0.1, -0.05) is 12.2 Å². The predicted octanol–water partition coefficient (Wildman–Crippen LogP) is 0.520. The lowest BCUT2D eigenvalue weighted by Crippen LogP contribution is -2.02. The third-order valence-electron chi connectivity index (χ3n) is 1.78. The van der Waals surface area contributed by atoms with Crippen molar-refractivity contribution in [3.63, 3.8) is 0 Å². The zero-order valence-electron chi connectivity index (χ0n) is 5.83. The summed E-state index contributed by atoms with van der Waals surface area (Å²) in [6, 6.07) is 0. The molecular formula is C7H10O3. The SMILES string of the molecule is C=C1C(COC)C1C(=O)O. The van der Waals surface area contributed by atoms with Crippen LogP contribution in [0.15, 0.2) is 12.2 Å². The molecule has 0 aromatic heterocycles. The van der Waals surface area contributed by atoms with E-state index in [9.17, 15) is 4.79 Å². The lowest BCUT2D eigenvalue weighted by Gasteiger charge is -1.90. The molecule has 2 atom stereocenters. The second kappa shape index (κ2) is 2.42. The van der Waals surface area contributed by atoms with Crippen LogP contribution in [0.1, 0.15) is 0 Å². The fourth-order valence-electron chi connectivity index (χ4n) is 1.09. The van der Waals surface area contributed by atoms with Crippen LogP contribution in [0.5, 0.6) is 0 Å². The molecule has 0 aromatic rings. The number of hydrogen-bond acceptors (Lipinski definition) is 2. The number of carboxylic acid groups (broad SMARTS) is 1. The minimum atomic E-state index is -0.785. The lowest BCUT2D eigenvalue weighted by atomic mass is 10.3. The molecule has 1 saturated carbocycles. The average molecular weight is 142 g/mol. The van der Waals surface area contributed by atoms with Crippen molar-refractivity contribution in [2.75, 3.05) is 13.7 Å². The molecule has 56 valence electrons. The van der Waals surface area contributed by atoms with E-state index >= 15 is 0 Å². The summed E-state index contributed by atoms with van der Waals surface area (Å²) in [7, 11) is 1.56. The predicted molar refractivity (Wildman–Crippen MR) is 35.6 cm³/mol. The van der Waals surface area contributed by atoms with Gasteiger partial charge in [0, 0.05) is 13.0 Å². The first kappa shape index (κ1) is 7.28. The van der Waals surface area contributed by atoms with Gasteiger partial charge in [-0.05, 0) is 0 Å². The lowest BCUT2D eigenvalue weighted by molar-refractivity contribution is -0.138. The molecule has 2 unspecified atom stereocenters. The normalized spacial score (nSPS) is 30.3. The van der Waals surface area contributed by atoms with Crippen LogP contribution in [0, 0.1) is 11.8 Å². The number of carboxylic acids is 1.